The Hall–Kier alpha value is -3.87. The molecule has 0 atom stereocenters. The first-order valence-electron chi connectivity index (χ1n) is 9.87. The number of aromatic nitrogens is 2. The van der Waals surface area contributed by atoms with E-state index in [1.165, 1.54) is 19.1 Å². The number of nitrogens with zero attached hydrogens (tertiary/aromatic N) is 2. The molecule has 4 aromatic rings. The predicted octanol–water partition coefficient (Wildman–Crippen LogP) is 6.34. The number of ketones is 1. The molecule has 0 fully saturated rings. The second-order valence-electron chi connectivity index (χ2n) is 7.17. The van der Waals surface area contributed by atoms with Crippen LogP contribution in [0.25, 0.3) is 28.9 Å². The fourth-order valence-corrected chi connectivity index (χ4v) is 3.39. The van der Waals surface area contributed by atoms with Gasteiger partial charge in [-0.25, -0.2) is 4.98 Å². The van der Waals surface area contributed by atoms with Crippen molar-refractivity contribution in [2.75, 3.05) is 6.61 Å². The maximum atomic E-state index is 12.3. The number of rotatable bonds is 6. The fourth-order valence-electron chi connectivity index (χ4n) is 3.39. The van der Waals surface area contributed by atoms with Gasteiger partial charge in [0.15, 0.2) is 12.4 Å². The molecule has 1 aromatic heterocycles. The van der Waals surface area contributed by atoms with Crippen molar-refractivity contribution in [1.29, 1.82) is 0 Å². The minimum atomic E-state index is -4.38. The number of hydrogen-bond acceptors (Lipinski definition) is 3. The Labute approximate surface area is 182 Å². The van der Waals surface area contributed by atoms with Crippen molar-refractivity contribution in [1.82, 2.24) is 9.55 Å². The molecule has 0 aliphatic carbocycles. The molecule has 4 rings (SSSR count). The van der Waals surface area contributed by atoms with E-state index < -0.39 is 12.8 Å². The number of hydrogen-bond donors (Lipinski definition) is 0. The zero-order valence-electron chi connectivity index (χ0n) is 17.1. The first-order chi connectivity index (χ1) is 15.3. The predicted molar refractivity (Wildman–Crippen MR) is 118 cm³/mol. The van der Waals surface area contributed by atoms with Crippen LogP contribution in [0.15, 0.2) is 72.8 Å². The van der Waals surface area contributed by atoms with Gasteiger partial charge in [-0.2, -0.15) is 13.2 Å². The maximum absolute atomic E-state index is 12.3. The van der Waals surface area contributed by atoms with E-state index in [9.17, 15) is 18.0 Å². The third-order valence-electron chi connectivity index (χ3n) is 4.82. The third kappa shape index (κ3) is 4.72. The van der Waals surface area contributed by atoms with Crippen molar-refractivity contribution >= 4 is 29.0 Å². The normalized spacial score (nSPS) is 11.9. The number of imidazole rings is 1. The zero-order chi connectivity index (χ0) is 22.7. The average Bonchev–Trinajstić information content (AvgIpc) is 3.14. The fraction of sp³-hybridized carbons (Fsp3) is 0.120. The van der Waals surface area contributed by atoms with E-state index >= 15 is 0 Å². The molecule has 162 valence electrons. The van der Waals surface area contributed by atoms with Crippen LogP contribution in [0, 0.1) is 0 Å². The Kier molecular flexibility index (Phi) is 5.81. The molecule has 0 saturated heterocycles. The number of ether oxygens (including phenoxy) is 1. The molecular formula is C25H19F3N2O2. The summed E-state index contributed by atoms with van der Waals surface area (Å²) in [4.78, 5) is 16.9. The number of Topliss-reactive ketones (excluding diaryl/α,β-unsaturated/α-hetero) is 1. The summed E-state index contributed by atoms with van der Waals surface area (Å²) < 4.78 is 43.6. The zero-order valence-corrected chi connectivity index (χ0v) is 17.1. The van der Waals surface area contributed by atoms with Crippen LogP contribution in [0.2, 0.25) is 0 Å². The molecule has 1 heterocycles. The lowest BCUT2D eigenvalue weighted by Gasteiger charge is -2.11. The van der Waals surface area contributed by atoms with Gasteiger partial charge in [0.2, 0.25) is 0 Å². The average molecular weight is 436 g/mol. The molecule has 0 radical (unpaired) electrons. The van der Waals surface area contributed by atoms with Crippen LogP contribution >= 0.6 is 0 Å². The highest BCUT2D eigenvalue weighted by Gasteiger charge is 2.28. The Bertz CT molecular complexity index is 1290. The van der Waals surface area contributed by atoms with Gasteiger partial charge in [0.05, 0.1) is 16.7 Å². The SMILES string of the molecule is CC(=O)c1ccccc1-n1c(/C=C/c2ccc(OCC(F)(F)F)cc2)nc2ccccc21. The molecule has 0 aliphatic heterocycles. The van der Waals surface area contributed by atoms with Crippen molar-refractivity contribution in [3.8, 4) is 11.4 Å². The second kappa shape index (κ2) is 8.70. The first-order valence-corrected chi connectivity index (χ1v) is 9.87. The van der Waals surface area contributed by atoms with Gasteiger partial charge in [-0.3, -0.25) is 9.36 Å². The van der Waals surface area contributed by atoms with Gasteiger partial charge in [0.1, 0.15) is 11.6 Å². The summed E-state index contributed by atoms with van der Waals surface area (Å²) in [6, 6.07) is 21.3. The Balaban J connectivity index is 1.69. The van der Waals surface area contributed by atoms with Crippen LogP contribution < -0.4 is 4.74 Å². The van der Waals surface area contributed by atoms with Crippen LogP contribution in [0.3, 0.4) is 0 Å². The molecule has 4 nitrogen and oxygen atoms in total. The van der Waals surface area contributed by atoms with Crippen molar-refractivity contribution in [3.63, 3.8) is 0 Å². The second-order valence-corrected chi connectivity index (χ2v) is 7.17. The Morgan fingerprint density at radius 3 is 2.38 bits per heavy atom. The third-order valence-corrected chi connectivity index (χ3v) is 4.82. The van der Waals surface area contributed by atoms with E-state index in [2.05, 4.69) is 0 Å². The van der Waals surface area contributed by atoms with Gasteiger partial charge in [-0.15, -0.1) is 0 Å². The van der Waals surface area contributed by atoms with E-state index in [4.69, 9.17) is 9.72 Å². The highest BCUT2D eigenvalue weighted by molar-refractivity contribution is 5.98. The lowest BCUT2D eigenvalue weighted by atomic mass is 10.1. The van der Waals surface area contributed by atoms with Gasteiger partial charge < -0.3 is 4.74 Å². The summed E-state index contributed by atoms with van der Waals surface area (Å²) in [6.45, 7) is 0.192. The van der Waals surface area contributed by atoms with E-state index in [-0.39, 0.29) is 11.5 Å². The number of carbonyl (C=O) groups excluding carboxylic acids is 1. The molecular weight excluding hydrogens is 417 g/mol. The van der Waals surface area contributed by atoms with E-state index in [0.29, 0.717) is 11.4 Å². The lowest BCUT2D eigenvalue weighted by molar-refractivity contribution is -0.153. The number of fused-ring (bicyclic) bond motifs is 1. The van der Waals surface area contributed by atoms with E-state index in [0.717, 1.165) is 22.3 Å². The summed E-state index contributed by atoms with van der Waals surface area (Å²) in [5.41, 5.74) is 3.71. The van der Waals surface area contributed by atoms with Crippen LogP contribution in [-0.2, 0) is 0 Å². The van der Waals surface area contributed by atoms with Gasteiger partial charge in [0, 0.05) is 5.56 Å². The van der Waals surface area contributed by atoms with E-state index in [1.54, 1.807) is 18.2 Å². The molecule has 3 aromatic carbocycles. The van der Waals surface area contributed by atoms with Crippen molar-refractivity contribution in [2.45, 2.75) is 13.1 Å². The minimum Gasteiger partial charge on any atom is -0.484 e. The molecule has 0 aliphatic rings. The van der Waals surface area contributed by atoms with Gasteiger partial charge in [-0.05, 0) is 55.0 Å². The Morgan fingerprint density at radius 2 is 1.66 bits per heavy atom. The maximum Gasteiger partial charge on any atom is 0.422 e. The first kappa shape index (κ1) is 21.4. The number of alkyl halides is 3. The molecule has 7 heteroatoms. The van der Waals surface area contributed by atoms with Crippen molar-refractivity contribution in [3.05, 3.63) is 89.7 Å². The molecule has 0 saturated carbocycles. The smallest absolute Gasteiger partial charge is 0.422 e. The van der Waals surface area contributed by atoms with E-state index in [1.807, 2.05) is 59.2 Å². The Morgan fingerprint density at radius 1 is 0.969 bits per heavy atom. The summed E-state index contributed by atoms with van der Waals surface area (Å²) >= 11 is 0. The number of benzene rings is 3. The standard InChI is InChI=1S/C25H19F3N2O2/c1-17(31)20-6-2-4-8-22(20)30-23-9-5-3-7-21(23)29-24(30)15-12-18-10-13-19(14-11-18)32-16-25(26,27)28/h2-15H,16H2,1H3/b15-12+. The quantitative estimate of drug-likeness (QED) is 0.331. The molecule has 0 unspecified atom stereocenters. The molecule has 0 bridgehead atoms. The van der Waals surface area contributed by atoms with Crippen LogP contribution in [0.4, 0.5) is 13.2 Å². The molecule has 0 spiro atoms. The van der Waals surface area contributed by atoms with Gasteiger partial charge >= 0.3 is 6.18 Å². The summed E-state index contributed by atoms with van der Waals surface area (Å²) in [5, 5.41) is 0. The minimum absolute atomic E-state index is 0.0530. The number of carbonyl (C=O) groups is 1. The highest BCUT2D eigenvalue weighted by atomic mass is 19.4. The van der Waals surface area contributed by atoms with Gasteiger partial charge in [0.25, 0.3) is 0 Å². The number of halogens is 3. The lowest BCUT2D eigenvalue weighted by Crippen LogP contribution is -2.19. The monoisotopic (exact) mass is 436 g/mol. The van der Waals surface area contributed by atoms with Crippen LogP contribution in [-0.4, -0.2) is 28.1 Å². The van der Waals surface area contributed by atoms with Crippen LogP contribution in [0.1, 0.15) is 28.7 Å². The largest absolute Gasteiger partial charge is 0.484 e. The van der Waals surface area contributed by atoms with Crippen molar-refractivity contribution < 1.29 is 22.7 Å². The summed E-state index contributed by atoms with van der Waals surface area (Å²) in [6.07, 6.45) is -0.766. The molecule has 32 heavy (non-hydrogen) atoms. The molecule has 0 amide bonds. The van der Waals surface area contributed by atoms with Gasteiger partial charge in [-0.1, -0.05) is 42.5 Å². The summed E-state index contributed by atoms with van der Waals surface area (Å²) in [7, 11) is 0. The van der Waals surface area contributed by atoms with Crippen molar-refractivity contribution in [2.24, 2.45) is 0 Å². The topological polar surface area (TPSA) is 44.1 Å². The highest BCUT2D eigenvalue weighted by Crippen LogP contribution is 2.26. The van der Waals surface area contributed by atoms with Crippen LogP contribution in [0.5, 0.6) is 5.75 Å². The molecule has 0 N–H and O–H groups in total. The summed E-state index contributed by atoms with van der Waals surface area (Å²) in [5.74, 6) is 0.710. The number of para-hydroxylation sites is 3.